The third-order valence-electron chi connectivity index (χ3n) is 5.24. The third kappa shape index (κ3) is 4.40. The fourth-order valence-corrected chi connectivity index (χ4v) is 3.61. The van der Waals surface area contributed by atoms with Crippen molar-refractivity contribution in [3.8, 4) is 0 Å². The first-order chi connectivity index (χ1) is 13.3. The summed E-state index contributed by atoms with van der Waals surface area (Å²) in [7, 11) is 0. The molecule has 0 radical (unpaired) electrons. The van der Waals surface area contributed by atoms with Crippen LogP contribution in [0, 0.1) is 0 Å². The second-order valence-electron chi connectivity index (χ2n) is 7.89. The van der Waals surface area contributed by atoms with E-state index in [9.17, 15) is 19.2 Å². The highest BCUT2D eigenvalue weighted by Crippen LogP contribution is 2.22. The van der Waals surface area contributed by atoms with Crippen molar-refractivity contribution in [3.63, 3.8) is 0 Å². The van der Waals surface area contributed by atoms with Crippen LogP contribution in [0.5, 0.6) is 0 Å². The number of imide groups is 1. The quantitative estimate of drug-likeness (QED) is 0.441. The first kappa shape index (κ1) is 20.0. The highest BCUT2D eigenvalue weighted by atomic mass is 16.5. The van der Waals surface area contributed by atoms with Crippen molar-refractivity contribution in [3.05, 3.63) is 34.9 Å². The Hall–Kier alpha value is -2.70. The number of benzene rings is 1. The summed E-state index contributed by atoms with van der Waals surface area (Å²) in [5.74, 6) is -1.05. The predicted octanol–water partition coefficient (Wildman–Crippen LogP) is 2.40. The number of aryl methyl sites for hydroxylation is 2. The molecule has 1 heterocycles. The molecule has 2 aliphatic rings. The SMILES string of the molecule is CC1(C)NC(=O)N(CCCC(=O)OCC(=O)c2ccc3c(c2)CCCC3)C1=O. The molecule has 3 rings (SSSR count). The summed E-state index contributed by atoms with van der Waals surface area (Å²) in [4.78, 5) is 49.1. The van der Waals surface area contributed by atoms with Crippen molar-refractivity contribution in [2.45, 2.75) is 57.9 Å². The summed E-state index contributed by atoms with van der Waals surface area (Å²) < 4.78 is 5.07. The van der Waals surface area contributed by atoms with Crippen LogP contribution in [0.3, 0.4) is 0 Å². The van der Waals surface area contributed by atoms with Gasteiger partial charge in [0.05, 0.1) is 0 Å². The maximum absolute atomic E-state index is 12.3. The molecule has 0 bridgehead atoms. The Bertz CT molecular complexity index is 815. The van der Waals surface area contributed by atoms with Crippen molar-refractivity contribution < 1.29 is 23.9 Å². The first-order valence-corrected chi connectivity index (χ1v) is 9.72. The van der Waals surface area contributed by atoms with Gasteiger partial charge in [-0.25, -0.2) is 4.79 Å². The Balaban J connectivity index is 1.43. The highest BCUT2D eigenvalue weighted by molar-refractivity contribution is 6.06. The molecule has 7 nitrogen and oxygen atoms in total. The van der Waals surface area contributed by atoms with E-state index in [4.69, 9.17) is 4.74 Å². The minimum Gasteiger partial charge on any atom is -0.457 e. The number of amides is 3. The number of ether oxygens (including phenoxy) is 1. The molecular weight excluding hydrogens is 360 g/mol. The standard InChI is InChI=1S/C21H26N2O5/c1-21(2)19(26)23(20(27)22-21)11-5-8-18(25)28-13-17(24)16-10-9-14-6-3-4-7-15(14)12-16/h9-10,12H,3-8,11,13H2,1-2H3,(H,22,27). The molecule has 1 saturated heterocycles. The predicted molar refractivity (Wildman–Crippen MR) is 102 cm³/mol. The Kier molecular flexibility index (Phi) is 5.82. The molecule has 7 heteroatoms. The lowest BCUT2D eigenvalue weighted by Crippen LogP contribution is -2.40. The van der Waals surface area contributed by atoms with Crippen LogP contribution in [0.15, 0.2) is 18.2 Å². The summed E-state index contributed by atoms with van der Waals surface area (Å²) in [6.45, 7) is 3.11. The topological polar surface area (TPSA) is 92.8 Å². The lowest BCUT2D eigenvalue weighted by Gasteiger charge is -2.16. The van der Waals surface area contributed by atoms with E-state index in [0.717, 1.165) is 24.2 Å². The van der Waals surface area contributed by atoms with Gasteiger partial charge in [-0.2, -0.15) is 0 Å². The van der Waals surface area contributed by atoms with Gasteiger partial charge in [-0.15, -0.1) is 0 Å². The van der Waals surface area contributed by atoms with Crippen LogP contribution < -0.4 is 5.32 Å². The molecule has 1 aromatic carbocycles. The normalized spacial score (nSPS) is 17.9. The Morgan fingerprint density at radius 3 is 2.54 bits per heavy atom. The van der Waals surface area contributed by atoms with Crippen LogP contribution in [0.4, 0.5) is 4.79 Å². The Morgan fingerprint density at radius 2 is 1.86 bits per heavy atom. The highest BCUT2D eigenvalue weighted by Gasteiger charge is 2.43. The molecule has 0 saturated carbocycles. The molecule has 1 aliphatic carbocycles. The number of urea groups is 1. The molecule has 150 valence electrons. The zero-order valence-corrected chi connectivity index (χ0v) is 16.4. The summed E-state index contributed by atoms with van der Waals surface area (Å²) in [5.41, 5.74) is 2.15. The van der Waals surface area contributed by atoms with Crippen molar-refractivity contribution in [1.29, 1.82) is 0 Å². The zero-order valence-electron chi connectivity index (χ0n) is 16.4. The monoisotopic (exact) mass is 386 g/mol. The lowest BCUT2D eigenvalue weighted by atomic mass is 9.90. The minimum absolute atomic E-state index is 0.0367. The molecule has 0 atom stereocenters. The van der Waals surface area contributed by atoms with Crippen molar-refractivity contribution in [2.24, 2.45) is 0 Å². The van der Waals surface area contributed by atoms with E-state index in [0.29, 0.717) is 12.0 Å². The van der Waals surface area contributed by atoms with Crippen molar-refractivity contribution in [1.82, 2.24) is 10.2 Å². The molecule has 1 aromatic rings. The van der Waals surface area contributed by atoms with Gasteiger partial charge in [0.15, 0.2) is 12.4 Å². The zero-order chi connectivity index (χ0) is 20.3. The lowest BCUT2D eigenvalue weighted by molar-refractivity contribution is -0.143. The molecule has 1 N–H and O–H groups in total. The number of carbonyl (C=O) groups is 4. The number of fused-ring (bicyclic) bond motifs is 1. The average molecular weight is 386 g/mol. The molecule has 0 unspecified atom stereocenters. The molecule has 1 fully saturated rings. The van der Waals surface area contributed by atoms with E-state index >= 15 is 0 Å². The fraction of sp³-hybridized carbons (Fsp3) is 0.524. The van der Waals surface area contributed by atoms with Crippen LogP contribution in [0.1, 0.15) is 61.0 Å². The molecular formula is C21H26N2O5. The largest absolute Gasteiger partial charge is 0.457 e. The first-order valence-electron chi connectivity index (χ1n) is 9.72. The molecule has 28 heavy (non-hydrogen) atoms. The summed E-state index contributed by atoms with van der Waals surface area (Å²) >= 11 is 0. The van der Waals surface area contributed by atoms with E-state index in [1.54, 1.807) is 19.9 Å². The molecule has 0 spiro atoms. The average Bonchev–Trinajstić information content (AvgIpc) is 2.87. The second-order valence-corrected chi connectivity index (χ2v) is 7.89. The number of ketones is 1. The summed E-state index contributed by atoms with van der Waals surface area (Å²) in [6, 6.07) is 5.23. The van der Waals surface area contributed by atoms with Crippen molar-refractivity contribution in [2.75, 3.05) is 13.2 Å². The van der Waals surface area contributed by atoms with Gasteiger partial charge in [0.2, 0.25) is 0 Å². The minimum atomic E-state index is -0.918. The van der Waals surface area contributed by atoms with E-state index in [1.807, 2.05) is 12.1 Å². The maximum atomic E-state index is 12.3. The number of nitrogens with one attached hydrogen (secondary N) is 1. The van der Waals surface area contributed by atoms with E-state index in [1.165, 1.54) is 17.5 Å². The van der Waals surface area contributed by atoms with Crippen LogP contribution in [-0.2, 0) is 27.2 Å². The van der Waals surface area contributed by atoms with E-state index in [2.05, 4.69) is 5.32 Å². The van der Waals surface area contributed by atoms with Crippen molar-refractivity contribution >= 4 is 23.7 Å². The molecule has 1 aliphatic heterocycles. The van der Waals surface area contributed by atoms with Gasteiger partial charge < -0.3 is 10.1 Å². The van der Waals surface area contributed by atoms with Gasteiger partial charge in [-0.1, -0.05) is 12.1 Å². The second kappa shape index (κ2) is 8.12. The number of carbonyl (C=O) groups excluding carboxylic acids is 4. The van der Waals surface area contributed by atoms with Crippen LogP contribution in [0.2, 0.25) is 0 Å². The Labute approximate surface area is 164 Å². The molecule has 0 aromatic heterocycles. The smallest absolute Gasteiger partial charge is 0.325 e. The van der Waals surface area contributed by atoms with Crippen LogP contribution >= 0.6 is 0 Å². The number of Topliss-reactive ketones (excluding diaryl/α,β-unsaturated/α-hetero) is 1. The van der Waals surface area contributed by atoms with Gasteiger partial charge in [0, 0.05) is 18.5 Å². The van der Waals surface area contributed by atoms with Crippen LogP contribution in [0.25, 0.3) is 0 Å². The number of nitrogens with zero attached hydrogens (tertiary/aromatic N) is 1. The van der Waals surface area contributed by atoms with E-state index in [-0.39, 0.29) is 31.3 Å². The number of hydrogen-bond acceptors (Lipinski definition) is 5. The Morgan fingerprint density at radius 1 is 1.14 bits per heavy atom. The van der Waals surface area contributed by atoms with Crippen LogP contribution in [-0.4, -0.2) is 47.3 Å². The summed E-state index contributed by atoms with van der Waals surface area (Å²) in [6.07, 6.45) is 4.67. The molecule has 3 amide bonds. The van der Waals surface area contributed by atoms with Gasteiger partial charge in [-0.05, 0) is 63.1 Å². The number of rotatable bonds is 7. The summed E-state index contributed by atoms with van der Waals surface area (Å²) in [5, 5.41) is 2.59. The van der Waals surface area contributed by atoms with Gasteiger partial charge >= 0.3 is 12.0 Å². The van der Waals surface area contributed by atoms with Gasteiger partial charge in [0.25, 0.3) is 5.91 Å². The van der Waals surface area contributed by atoms with E-state index < -0.39 is 17.5 Å². The maximum Gasteiger partial charge on any atom is 0.325 e. The van der Waals surface area contributed by atoms with Gasteiger partial charge in [0.1, 0.15) is 5.54 Å². The number of hydrogen-bond donors (Lipinski definition) is 1. The van der Waals surface area contributed by atoms with Gasteiger partial charge in [-0.3, -0.25) is 19.3 Å². The third-order valence-corrected chi connectivity index (χ3v) is 5.24. The number of esters is 1. The fourth-order valence-electron chi connectivity index (χ4n) is 3.61.